The molecule has 0 heterocycles. The van der Waals surface area contributed by atoms with Crippen molar-refractivity contribution in [3.05, 3.63) is 94.3 Å². The van der Waals surface area contributed by atoms with Crippen LogP contribution in [0.5, 0.6) is 11.5 Å². The Kier molecular flexibility index (Phi) is 6.38. The van der Waals surface area contributed by atoms with Gasteiger partial charge in [0.2, 0.25) is 0 Å². The van der Waals surface area contributed by atoms with Crippen molar-refractivity contribution >= 4 is 11.6 Å². The molecule has 0 spiro atoms. The van der Waals surface area contributed by atoms with Crippen LogP contribution in [0.25, 0.3) is 0 Å². The number of halogens is 2. The number of aryl methyl sites for hydroxylation is 1. The van der Waals surface area contributed by atoms with E-state index in [2.05, 4.69) is 19.9 Å². The maximum absolute atomic E-state index is 14.1. The number of rotatable bonds is 7. The first-order valence-electron chi connectivity index (χ1n) is 9.21. The standard InChI is InChI=1S/C24H24ClFO2/c1-17-9-11-19(14-21(17)25)24(2,3)16-27-15-18-10-12-22(26)23(13-18)28-20-7-5-4-6-8-20/h4-14H,15-16H2,1-3H3. The highest BCUT2D eigenvalue weighted by molar-refractivity contribution is 6.31. The van der Waals surface area contributed by atoms with Gasteiger partial charge in [-0.2, -0.15) is 0 Å². The van der Waals surface area contributed by atoms with Crippen LogP contribution in [0.2, 0.25) is 5.02 Å². The number of benzene rings is 3. The van der Waals surface area contributed by atoms with Crippen LogP contribution >= 0.6 is 11.6 Å². The molecule has 0 saturated carbocycles. The fraction of sp³-hybridized carbons (Fsp3) is 0.250. The van der Waals surface area contributed by atoms with Gasteiger partial charge in [-0.3, -0.25) is 0 Å². The third-order valence-corrected chi connectivity index (χ3v) is 5.06. The van der Waals surface area contributed by atoms with Crippen molar-refractivity contribution < 1.29 is 13.9 Å². The molecule has 3 aromatic rings. The molecule has 4 heteroatoms. The van der Waals surface area contributed by atoms with E-state index in [1.54, 1.807) is 24.3 Å². The summed E-state index contributed by atoms with van der Waals surface area (Å²) in [6.45, 7) is 7.09. The molecule has 0 radical (unpaired) electrons. The van der Waals surface area contributed by atoms with Gasteiger partial charge in [-0.1, -0.05) is 61.8 Å². The Balaban J connectivity index is 1.64. The molecule has 0 atom stereocenters. The lowest BCUT2D eigenvalue weighted by Gasteiger charge is -2.25. The van der Waals surface area contributed by atoms with Gasteiger partial charge >= 0.3 is 0 Å². The molecule has 28 heavy (non-hydrogen) atoms. The molecular weight excluding hydrogens is 375 g/mol. The number of ether oxygens (including phenoxy) is 2. The molecule has 0 aliphatic carbocycles. The molecule has 0 unspecified atom stereocenters. The van der Waals surface area contributed by atoms with Crippen molar-refractivity contribution in [2.45, 2.75) is 32.8 Å². The Morgan fingerprint density at radius 2 is 1.71 bits per heavy atom. The van der Waals surface area contributed by atoms with Gasteiger partial charge in [0.05, 0.1) is 13.2 Å². The van der Waals surface area contributed by atoms with Crippen molar-refractivity contribution in [1.29, 1.82) is 0 Å². The summed E-state index contributed by atoms with van der Waals surface area (Å²) in [7, 11) is 0. The lowest BCUT2D eigenvalue weighted by atomic mass is 9.85. The minimum atomic E-state index is -0.401. The van der Waals surface area contributed by atoms with Crippen molar-refractivity contribution in [2.75, 3.05) is 6.61 Å². The third-order valence-electron chi connectivity index (χ3n) is 4.65. The maximum Gasteiger partial charge on any atom is 0.165 e. The summed E-state index contributed by atoms with van der Waals surface area (Å²) in [6.07, 6.45) is 0. The van der Waals surface area contributed by atoms with E-state index < -0.39 is 5.82 Å². The van der Waals surface area contributed by atoms with Gasteiger partial charge in [0.15, 0.2) is 11.6 Å². The molecule has 146 valence electrons. The molecule has 0 saturated heterocycles. The van der Waals surface area contributed by atoms with Crippen molar-refractivity contribution in [3.63, 3.8) is 0 Å². The second kappa shape index (κ2) is 8.76. The summed E-state index contributed by atoms with van der Waals surface area (Å²) in [5.41, 5.74) is 2.83. The zero-order valence-corrected chi connectivity index (χ0v) is 17.1. The molecule has 0 aliphatic rings. The first kappa shape index (κ1) is 20.4. The minimum Gasteiger partial charge on any atom is -0.454 e. The zero-order valence-electron chi connectivity index (χ0n) is 16.3. The van der Waals surface area contributed by atoms with Crippen LogP contribution < -0.4 is 4.74 Å². The molecule has 0 aliphatic heterocycles. The van der Waals surface area contributed by atoms with Gasteiger partial charge in [0.1, 0.15) is 5.75 Å². The average Bonchev–Trinajstić information content (AvgIpc) is 2.67. The van der Waals surface area contributed by atoms with E-state index in [4.69, 9.17) is 21.1 Å². The van der Waals surface area contributed by atoms with Crippen molar-refractivity contribution in [1.82, 2.24) is 0 Å². The lowest BCUT2D eigenvalue weighted by Crippen LogP contribution is -2.24. The van der Waals surface area contributed by atoms with Gasteiger partial charge < -0.3 is 9.47 Å². The lowest BCUT2D eigenvalue weighted by molar-refractivity contribution is 0.0823. The second-order valence-corrected chi connectivity index (χ2v) is 7.93. The highest BCUT2D eigenvalue weighted by Gasteiger charge is 2.21. The summed E-state index contributed by atoms with van der Waals surface area (Å²) in [4.78, 5) is 0. The van der Waals surface area contributed by atoms with E-state index in [0.29, 0.717) is 19.0 Å². The van der Waals surface area contributed by atoms with E-state index in [1.807, 2.05) is 37.3 Å². The second-order valence-electron chi connectivity index (χ2n) is 7.52. The fourth-order valence-electron chi connectivity index (χ4n) is 2.85. The van der Waals surface area contributed by atoms with E-state index >= 15 is 0 Å². The molecule has 0 fully saturated rings. The Hall–Kier alpha value is -2.36. The van der Waals surface area contributed by atoms with Gasteiger partial charge in [0, 0.05) is 10.4 Å². The van der Waals surface area contributed by atoms with Crippen molar-refractivity contribution in [2.24, 2.45) is 0 Å². The predicted molar refractivity (Wildman–Crippen MR) is 112 cm³/mol. The SMILES string of the molecule is Cc1ccc(C(C)(C)COCc2ccc(F)c(Oc3ccccc3)c2)cc1Cl. The van der Waals surface area contributed by atoms with E-state index in [0.717, 1.165) is 21.7 Å². The average molecular weight is 399 g/mol. The van der Waals surface area contributed by atoms with Crippen molar-refractivity contribution in [3.8, 4) is 11.5 Å². The largest absolute Gasteiger partial charge is 0.454 e. The van der Waals surface area contributed by atoms with Crippen LogP contribution in [0.15, 0.2) is 66.7 Å². The highest BCUT2D eigenvalue weighted by Crippen LogP contribution is 2.29. The number of para-hydroxylation sites is 1. The number of hydrogen-bond acceptors (Lipinski definition) is 2. The topological polar surface area (TPSA) is 18.5 Å². The Labute approximate surface area is 170 Å². The molecular formula is C24H24ClFO2. The number of hydrogen-bond donors (Lipinski definition) is 0. The highest BCUT2D eigenvalue weighted by atomic mass is 35.5. The molecule has 0 bridgehead atoms. The molecule has 2 nitrogen and oxygen atoms in total. The molecule has 0 amide bonds. The molecule has 0 N–H and O–H groups in total. The minimum absolute atomic E-state index is 0.192. The van der Waals surface area contributed by atoms with E-state index in [9.17, 15) is 4.39 Å². The Morgan fingerprint density at radius 3 is 2.43 bits per heavy atom. The van der Waals surface area contributed by atoms with Crippen LogP contribution in [-0.4, -0.2) is 6.61 Å². The van der Waals surface area contributed by atoms with Crippen LogP contribution in [0.1, 0.15) is 30.5 Å². The Bertz CT molecular complexity index is 939. The zero-order chi connectivity index (χ0) is 20.1. The molecule has 3 aromatic carbocycles. The third kappa shape index (κ3) is 5.12. The smallest absolute Gasteiger partial charge is 0.165 e. The molecule has 0 aromatic heterocycles. The van der Waals surface area contributed by atoms with Gasteiger partial charge in [-0.25, -0.2) is 4.39 Å². The molecule has 3 rings (SSSR count). The van der Waals surface area contributed by atoms with E-state index in [1.165, 1.54) is 6.07 Å². The van der Waals surface area contributed by atoms with Crippen LogP contribution in [0, 0.1) is 12.7 Å². The van der Waals surface area contributed by atoms with Crippen LogP contribution in [0.4, 0.5) is 4.39 Å². The maximum atomic E-state index is 14.1. The summed E-state index contributed by atoms with van der Waals surface area (Å²) in [5, 5.41) is 0.756. The monoisotopic (exact) mass is 398 g/mol. The van der Waals surface area contributed by atoms with Gasteiger partial charge in [-0.05, 0) is 53.9 Å². The summed E-state index contributed by atoms with van der Waals surface area (Å²) >= 11 is 6.26. The fourth-order valence-corrected chi connectivity index (χ4v) is 3.03. The van der Waals surface area contributed by atoms with E-state index in [-0.39, 0.29) is 11.2 Å². The van der Waals surface area contributed by atoms with Gasteiger partial charge in [0.25, 0.3) is 0 Å². The van der Waals surface area contributed by atoms with Crippen LogP contribution in [0.3, 0.4) is 0 Å². The van der Waals surface area contributed by atoms with Gasteiger partial charge in [-0.15, -0.1) is 0 Å². The summed E-state index contributed by atoms with van der Waals surface area (Å²) in [6, 6.07) is 20.0. The van der Waals surface area contributed by atoms with Crippen LogP contribution in [-0.2, 0) is 16.8 Å². The Morgan fingerprint density at radius 1 is 0.964 bits per heavy atom. The predicted octanol–water partition coefficient (Wildman–Crippen LogP) is 7.07. The normalized spacial score (nSPS) is 11.5. The summed E-state index contributed by atoms with van der Waals surface area (Å²) in [5.74, 6) is 0.385. The quantitative estimate of drug-likeness (QED) is 0.423. The summed E-state index contributed by atoms with van der Waals surface area (Å²) < 4.78 is 25.7. The first-order valence-corrected chi connectivity index (χ1v) is 9.59. The first-order chi connectivity index (χ1) is 13.3.